The van der Waals surface area contributed by atoms with E-state index >= 15 is 0 Å². The molecule has 0 spiro atoms. The van der Waals surface area contributed by atoms with Crippen molar-refractivity contribution in [1.82, 2.24) is 24.3 Å². The fourth-order valence-electron chi connectivity index (χ4n) is 5.16. The first-order valence-electron chi connectivity index (χ1n) is 11.7. The van der Waals surface area contributed by atoms with Gasteiger partial charge in [0, 0.05) is 67.3 Å². The monoisotopic (exact) mass is 435 g/mol. The summed E-state index contributed by atoms with van der Waals surface area (Å²) in [6.07, 6.45) is 9.43. The molecule has 5 rings (SSSR count). The number of thioether (sulfide) groups is 1. The van der Waals surface area contributed by atoms with Crippen molar-refractivity contribution in [1.29, 1.82) is 0 Å². The normalized spacial score (nSPS) is 20.6. The van der Waals surface area contributed by atoms with Crippen molar-refractivity contribution < 1.29 is 0 Å². The van der Waals surface area contributed by atoms with Crippen LogP contribution >= 0.6 is 11.8 Å². The molecule has 6 heteroatoms. The molecule has 1 aromatic carbocycles. The highest BCUT2D eigenvalue weighted by Crippen LogP contribution is 2.29. The third-order valence-corrected chi connectivity index (χ3v) is 7.63. The fourth-order valence-corrected chi connectivity index (χ4v) is 5.99. The highest BCUT2D eigenvalue weighted by atomic mass is 32.2. The van der Waals surface area contributed by atoms with Crippen LogP contribution < -0.4 is 0 Å². The molecular weight excluding hydrogens is 402 g/mol. The zero-order valence-corrected chi connectivity index (χ0v) is 19.4. The van der Waals surface area contributed by atoms with Crippen LogP contribution in [0.2, 0.25) is 0 Å². The second-order valence-corrected chi connectivity index (χ2v) is 10.1. The summed E-state index contributed by atoms with van der Waals surface area (Å²) in [6.45, 7) is 6.94. The Morgan fingerprint density at radius 3 is 2.77 bits per heavy atom. The topological polar surface area (TPSA) is 37.2 Å². The van der Waals surface area contributed by atoms with E-state index in [1.807, 2.05) is 18.0 Å². The van der Waals surface area contributed by atoms with E-state index in [1.54, 1.807) is 0 Å². The summed E-state index contributed by atoms with van der Waals surface area (Å²) in [5, 5.41) is 2.33. The molecule has 2 saturated heterocycles. The summed E-state index contributed by atoms with van der Waals surface area (Å²) in [5.41, 5.74) is 3.97. The van der Waals surface area contributed by atoms with Gasteiger partial charge >= 0.3 is 0 Å². The summed E-state index contributed by atoms with van der Waals surface area (Å²) >= 11 is 1.81. The van der Waals surface area contributed by atoms with Gasteiger partial charge in [-0.25, -0.2) is 9.97 Å². The lowest BCUT2D eigenvalue weighted by Crippen LogP contribution is -2.34. The second-order valence-electron chi connectivity index (χ2n) is 9.02. The maximum Gasteiger partial charge on any atom is 0.187 e. The molecule has 2 aliphatic heterocycles. The smallest absolute Gasteiger partial charge is 0.187 e. The molecule has 4 heterocycles. The highest BCUT2D eigenvalue weighted by molar-refractivity contribution is 7.99. The summed E-state index contributed by atoms with van der Waals surface area (Å²) in [5.74, 6) is 1.59. The summed E-state index contributed by atoms with van der Waals surface area (Å²) in [4.78, 5) is 14.7. The Bertz CT molecular complexity index is 1010. The van der Waals surface area contributed by atoms with Crippen molar-refractivity contribution in [3.8, 4) is 0 Å². The van der Waals surface area contributed by atoms with Crippen molar-refractivity contribution in [3.63, 3.8) is 0 Å². The molecule has 1 atom stereocenters. The minimum atomic E-state index is 0.504. The van der Waals surface area contributed by atoms with Crippen LogP contribution in [0, 0.1) is 0 Å². The van der Waals surface area contributed by atoms with Crippen LogP contribution in [0.15, 0.2) is 47.9 Å². The molecule has 3 aromatic rings. The largest absolute Gasteiger partial charge is 0.350 e. The summed E-state index contributed by atoms with van der Waals surface area (Å²) in [6, 6.07) is 10.9. The predicted octanol–water partition coefficient (Wildman–Crippen LogP) is 4.54. The van der Waals surface area contributed by atoms with Gasteiger partial charge in [0.05, 0.1) is 0 Å². The Morgan fingerprint density at radius 1 is 1.03 bits per heavy atom. The molecule has 0 radical (unpaired) electrons. The summed E-state index contributed by atoms with van der Waals surface area (Å²) in [7, 11) is 2.15. The number of hydrogen-bond acceptors (Lipinski definition) is 5. The lowest BCUT2D eigenvalue weighted by atomic mass is 9.94. The van der Waals surface area contributed by atoms with Crippen LogP contribution in [-0.2, 0) is 13.6 Å². The SMILES string of the molecule is Cn1cc(CN2CCC[C@@H](c3ccnc(SCCN4CCCC4)n3)C2)c2ccccc21. The van der Waals surface area contributed by atoms with Crippen LogP contribution in [0.5, 0.6) is 0 Å². The van der Waals surface area contributed by atoms with Gasteiger partial charge in [-0.1, -0.05) is 30.0 Å². The molecule has 0 aliphatic carbocycles. The van der Waals surface area contributed by atoms with Gasteiger partial charge < -0.3 is 9.47 Å². The molecule has 164 valence electrons. The van der Waals surface area contributed by atoms with Crippen molar-refractivity contribution in [2.24, 2.45) is 7.05 Å². The van der Waals surface area contributed by atoms with Gasteiger partial charge in [-0.3, -0.25) is 4.90 Å². The fraction of sp³-hybridized carbons (Fsp3) is 0.520. The number of rotatable bonds is 7. The summed E-state index contributed by atoms with van der Waals surface area (Å²) < 4.78 is 2.25. The van der Waals surface area contributed by atoms with Crippen LogP contribution in [0.1, 0.15) is 42.9 Å². The van der Waals surface area contributed by atoms with Crippen LogP contribution in [0.25, 0.3) is 10.9 Å². The van der Waals surface area contributed by atoms with Crippen LogP contribution in [0.4, 0.5) is 0 Å². The molecule has 2 aromatic heterocycles. The molecular formula is C25H33N5S. The van der Waals surface area contributed by atoms with E-state index < -0.39 is 0 Å². The predicted molar refractivity (Wildman–Crippen MR) is 129 cm³/mol. The van der Waals surface area contributed by atoms with Crippen molar-refractivity contribution in [3.05, 3.63) is 54.0 Å². The molecule has 31 heavy (non-hydrogen) atoms. The van der Waals surface area contributed by atoms with Gasteiger partial charge in [0.25, 0.3) is 0 Å². The van der Waals surface area contributed by atoms with Gasteiger partial charge in [0.15, 0.2) is 5.16 Å². The molecule has 0 amide bonds. The number of nitrogens with zero attached hydrogens (tertiary/aromatic N) is 5. The third kappa shape index (κ3) is 4.97. The molecule has 0 unspecified atom stereocenters. The van der Waals surface area contributed by atoms with E-state index in [2.05, 4.69) is 62.9 Å². The highest BCUT2D eigenvalue weighted by Gasteiger charge is 2.24. The molecule has 0 saturated carbocycles. The molecule has 2 aliphatic rings. The number of fused-ring (bicyclic) bond motifs is 1. The molecule has 2 fully saturated rings. The maximum atomic E-state index is 4.96. The lowest BCUT2D eigenvalue weighted by molar-refractivity contribution is 0.198. The number of aryl methyl sites for hydroxylation is 1. The molecule has 0 bridgehead atoms. The average molecular weight is 436 g/mol. The first-order valence-corrected chi connectivity index (χ1v) is 12.7. The Morgan fingerprint density at radius 2 is 1.87 bits per heavy atom. The zero-order chi connectivity index (χ0) is 21.0. The molecule has 5 nitrogen and oxygen atoms in total. The van der Waals surface area contributed by atoms with Gasteiger partial charge in [0.1, 0.15) is 0 Å². The first kappa shape index (κ1) is 21.0. The van der Waals surface area contributed by atoms with E-state index in [1.165, 1.54) is 67.5 Å². The number of benzene rings is 1. The van der Waals surface area contributed by atoms with Gasteiger partial charge in [0.2, 0.25) is 0 Å². The van der Waals surface area contributed by atoms with E-state index in [-0.39, 0.29) is 0 Å². The molecule has 0 N–H and O–H groups in total. The Kier molecular flexibility index (Phi) is 6.58. The average Bonchev–Trinajstić information content (AvgIpc) is 3.43. The Balaban J connectivity index is 1.21. The van der Waals surface area contributed by atoms with Gasteiger partial charge in [-0.05, 0) is 63.0 Å². The lowest BCUT2D eigenvalue weighted by Gasteiger charge is -2.32. The van der Waals surface area contributed by atoms with Gasteiger partial charge in [-0.15, -0.1) is 0 Å². The van der Waals surface area contributed by atoms with Crippen LogP contribution in [0.3, 0.4) is 0 Å². The zero-order valence-electron chi connectivity index (χ0n) is 18.5. The second kappa shape index (κ2) is 9.72. The number of likely N-dealkylation sites (tertiary alicyclic amines) is 2. The number of para-hydroxylation sites is 1. The first-order chi connectivity index (χ1) is 15.3. The number of hydrogen-bond donors (Lipinski definition) is 0. The van der Waals surface area contributed by atoms with E-state index in [0.29, 0.717) is 5.92 Å². The number of piperidine rings is 1. The minimum Gasteiger partial charge on any atom is -0.350 e. The maximum absolute atomic E-state index is 4.96. The Hall–Kier alpha value is -1.89. The third-order valence-electron chi connectivity index (χ3n) is 6.79. The van der Waals surface area contributed by atoms with Crippen molar-refractivity contribution >= 4 is 22.7 Å². The standard InChI is InChI=1S/C25H33N5S/c1-28-17-21(22-8-2-3-9-24(22)28)19-30-14-6-7-20(18-30)23-10-11-26-25(27-23)31-16-15-29-12-4-5-13-29/h2-3,8-11,17,20H,4-7,12-16,18-19H2,1H3/t20-/m1/s1. The van der Waals surface area contributed by atoms with E-state index in [4.69, 9.17) is 4.98 Å². The van der Waals surface area contributed by atoms with Crippen molar-refractivity contribution in [2.75, 3.05) is 38.5 Å². The van der Waals surface area contributed by atoms with Gasteiger partial charge in [-0.2, -0.15) is 0 Å². The van der Waals surface area contributed by atoms with E-state index in [0.717, 1.165) is 30.5 Å². The van der Waals surface area contributed by atoms with Crippen LogP contribution in [-0.4, -0.2) is 62.8 Å². The number of aromatic nitrogens is 3. The minimum absolute atomic E-state index is 0.504. The van der Waals surface area contributed by atoms with Crippen molar-refractivity contribution in [2.45, 2.75) is 43.3 Å². The Labute approximate surface area is 189 Å². The van der Waals surface area contributed by atoms with E-state index in [9.17, 15) is 0 Å². The quantitative estimate of drug-likeness (QED) is 0.402.